The normalized spacial score (nSPS) is 10.5. The Hall–Kier alpha value is -3.15. The summed E-state index contributed by atoms with van der Waals surface area (Å²) in [5.41, 5.74) is 3.51. The van der Waals surface area contributed by atoms with Crippen LogP contribution in [0.25, 0.3) is 11.3 Å². The zero-order valence-corrected chi connectivity index (χ0v) is 14.2. The van der Waals surface area contributed by atoms with Gasteiger partial charge in [0.2, 0.25) is 0 Å². The van der Waals surface area contributed by atoms with Gasteiger partial charge in [-0.25, -0.2) is 4.79 Å². The van der Waals surface area contributed by atoms with Crippen LogP contribution >= 0.6 is 0 Å². The van der Waals surface area contributed by atoms with Gasteiger partial charge >= 0.3 is 5.97 Å². The van der Waals surface area contributed by atoms with Gasteiger partial charge in [0.1, 0.15) is 18.1 Å². The maximum absolute atomic E-state index is 12.0. The van der Waals surface area contributed by atoms with E-state index in [2.05, 4.69) is 15.4 Å². The van der Waals surface area contributed by atoms with Crippen molar-refractivity contribution in [2.45, 2.75) is 20.5 Å². The molecule has 3 aromatic rings. The molecule has 1 heterocycles. The van der Waals surface area contributed by atoms with Gasteiger partial charge in [-0.1, -0.05) is 30.3 Å². The third-order valence-corrected chi connectivity index (χ3v) is 3.72. The van der Waals surface area contributed by atoms with Crippen LogP contribution in [-0.4, -0.2) is 28.0 Å². The Morgan fingerprint density at radius 3 is 2.64 bits per heavy atom. The predicted molar refractivity (Wildman–Crippen MR) is 93.3 cm³/mol. The van der Waals surface area contributed by atoms with Crippen molar-refractivity contribution in [2.75, 3.05) is 6.61 Å². The molecule has 0 spiro atoms. The number of H-pyrrole nitrogens is 1. The van der Waals surface area contributed by atoms with Crippen LogP contribution in [0.2, 0.25) is 0 Å². The Labute approximate surface area is 145 Å². The largest absolute Gasteiger partial charge is 0.489 e. The van der Waals surface area contributed by atoms with Crippen LogP contribution in [0.5, 0.6) is 5.75 Å². The first-order valence-corrected chi connectivity index (χ1v) is 8.04. The number of esters is 1. The highest BCUT2D eigenvalue weighted by Crippen LogP contribution is 2.27. The van der Waals surface area contributed by atoms with Gasteiger partial charge in [-0.05, 0) is 43.2 Å². The van der Waals surface area contributed by atoms with Crippen molar-refractivity contribution in [1.82, 2.24) is 15.4 Å². The zero-order chi connectivity index (χ0) is 17.6. The number of aryl methyl sites for hydroxylation is 1. The van der Waals surface area contributed by atoms with E-state index in [1.165, 1.54) is 0 Å². The molecule has 0 fully saturated rings. The molecule has 0 aliphatic heterocycles. The van der Waals surface area contributed by atoms with Crippen molar-refractivity contribution >= 4 is 5.97 Å². The van der Waals surface area contributed by atoms with Crippen molar-refractivity contribution < 1.29 is 14.3 Å². The molecule has 3 rings (SSSR count). The van der Waals surface area contributed by atoms with Crippen LogP contribution in [-0.2, 0) is 11.3 Å². The van der Waals surface area contributed by atoms with E-state index in [4.69, 9.17) is 9.47 Å². The summed E-state index contributed by atoms with van der Waals surface area (Å²) in [6.07, 6.45) is 0. The molecule has 128 valence electrons. The predicted octanol–water partition coefficient (Wildman–Crippen LogP) is 3.54. The summed E-state index contributed by atoms with van der Waals surface area (Å²) in [4.78, 5) is 12.0. The monoisotopic (exact) mass is 337 g/mol. The molecule has 1 N–H and O–H groups in total. The maximum Gasteiger partial charge on any atom is 0.361 e. The van der Waals surface area contributed by atoms with E-state index in [0.717, 1.165) is 22.4 Å². The van der Waals surface area contributed by atoms with Crippen molar-refractivity contribution in [3.05, 3.63) is 65.4 Å². The summed E-state index contributed by atoms with van der Waals surface area (Å²) in [5.74, 6) is 0.265. The first-order valence-electron chi connectivity index (χ1n) is 8.04. The van der Waals surface area contributed by atoms with Gasteiger partial charge in [-0.2, -0.15) is 10.3 Å². The lowest BCUT2D eigenvalue weighted by Crippen LogP contribution is -2.07. The second-order valence-corrected chi connectivity index (χ2v) is 5.49. The number of aromatic amines is 1. The minimum Gasteiger partial charge on any atom is -0.489 e. The number of hydrogen-bond acceptors (Lipinski definition) is 5. The molecule has 0 radical (unpaired) electrons. The number of ether oxygens (including phenoxy) is 2. The van der Waals surface area contributed by atoms with Crippen LogP contribution in [0.4, 0.5) is 0 Å². The topological polar surface area (TPSA) is 77.1 Å². The number of aromatic nitrogens is 3. The highest BCUT2D eigenvalue weighted by Gasteiger charge is 2.20. The minimum atomic E-state index is -0.491. The molecule has 0 aliphatic rings. The average Bonchev–Trinajstić information content (AvgIpc) is 3.11. The molecule has 0 aliphatic carbocycles. The third kappa shape index (κ3) is 3.85. The van der Waals surface area contributed by atoms with Gasteiger partial charge in [0.15, 0.2) is 5.69 Å². The molecule has 2 aromatic carbocycles. The number of rotatable bonds is 6. The quantitative estimate of drug-likeness (QED) is 0.696. The van der Waals surface area contributed by atoms with E-state index in [1.54, 1.807) is 6.92 Å². The molecule has 0 amide bonds. The Morgan fingerprint density at radius 1 is 1.12 bits per heavy atom. The summed E-state index contributed by atoms with van der Waals surface area (Å²) >= 11 is 0. The molecule has 0 atom stereocenters. The fourth-order valence-corrected chi connectivity index (χ4v) is 2.49. The van der Waals surface area contributed by atoms with Gasteiger partial charge in [-0.3, -0.25) is 0 Å². The first-order chi connectivity index (χ1) is 12.2. The maximum atomic E-state index is 12.0. The standard InChI is InChI=1S/C19H19N3O3/c1-3-24-19(23)18-17(20-22-21-18)16-10-9-15(11-13(16)2)25-12-14-7-5-4-6-8-14/h4-11H,3,12H2,1-2H3,(H,20,21,22). The Bertz CT molecular complexity index is 859. The molecular formula is C19H19N3O3. The number of nitrogens with zero attached hydrogens (tertiary/aromatic N) is 2. The summed E-state index contributed by atoms with van der Waals surface area (Å²) in [7, 11) is 0. The van der Waals surface area contributed by atoms with E-state index in [1.807, 2.05) is 55.5 Å². The smallest absolute Gasteiger partial charge is 0.361 e. The second kappa shape index (κ2) is 7.61. The van der Waals surface area contributed by atoms with Gasteiger partial charge in [0, 0.05) is 5.56 Å². The number of carbonyl (C=O) groups excluding carboxylic acids is 1. The van der Waals surface area contributed by atoms with Gasteiger partial charge in [-0.15, -0.1) is 5.10 Å². The molecule has 6 nitrogen and oxygen atoms in total. The lowest BCUT2D eigenvalue weighted by atomic mass is 10.0. The van der Waals surface area contributed by atoms with Crippen molar-refractivity contribution in [1.29, 1.82) is 0 Å². The number of nitrogens with one attached hydrogen (secondary N) is 1. The van der Waals surface area contributed by atoms with E-state index >= 15 is 0 Å². The lowest BCUT2D eigenvalue weighted by Gasteiger charge is -2.10. The third-order valence-electron chi connectivity index (χ3n) is 3.72. The molecule has 0 saturated heterocycles. The lowest BCUT2D eigenvalue weighted by molar-refractivity contribution is 0.0520. The molecule has 0 unspecified atom stereocenters. The molecule has 1 aromatic heterocycles. The van der Waals surface area contributed by atoms with Crippen LogP contribution in [0.1, 0.15) is 28.5 Å². The summed E-state index contributed by atoms with van der Waals surface area (Å²) in [5, 5.41) is 10.5. The molecule has 25 heavy (non-hydrogen) atoms. The molecular weight excluding hydrogens is 318 g/mol. The zero-order valence-electron chi connectivity index (χ0n) is 14.2. The minimum absolute atomic E-state index is 0.183. The number of carbonyl (C=O) groups is 1. The van der Waals surface area contributed by atoms with E-state index in [0.29, 0.717) is 12.3 Å². The van der Waals surface area contributed by atoms with E-state index in [9.17, 15) is 4.79 Å². The Morgan fingerprint density at radius 2 is 1.92 bits per heavy atom. The fourth-order valence-electron chi connectivity index (χ4n) is 2.49. The average molecular weight is 337 g/mol. The summed E-state index contributed by atoms with van der Waals surface area (Å²) in [6, 6.07) is 15.6. The second-order valence-electron chi connectivity index (χ2n) is 5.49. The van der Waals surface area contributed by atoms with E-state index in [-0.39, 0.29) is 12.3 Å². The Balaban J connectivity index is 1.79. The highest BCUT2D eigenvalue weighted by atomic mass is 16.5. The fraction of sp³-hybridized carbons (Fsp3) is 0.211. The first kappa shape index (κ1) is 16.7. The van der Waals surface area contributed by atoms with Gasteiger partial charge in [0.05, 0.1) is 6.61 Å². The SMILES string of the molecule is CCOC(=O)c1n[nH]nc1-c1ccc(OCc2ccccc2)cc1C. The van der Waals surface area contributed by atoms with Crippen LogP contribution in [0, 0.1) is 6.92 Å². The molecule has 0 saturated carbocycles. The number of hydrogen-bond donors (Lipinski definition) is 1. The Kier molecular flexibility index (Phi) is 5.09. The van der Waals surface area contributed by atoms with E-state index < -0.39 is 5.97 Å². The molecule has 0 bridgehead atoms. The van der Waals surface area contributed by atoms with Crippen LogP contribution in [0.3, 0.4) is 0 Å². The van der Waals surface area contributed by atoms with Gasteiger partial charge in [0.25, 0.3) is 0 Å². The van der Waals surface area contributed by atoms with Crippen LogP contribution < -0.4 is 4.74 Å². The van der Waals surface area contributed by atoms with Gasteiger partial charge < -0.3 is 9.47 Å². The summed E-state index contributed by atoms with van der Waals surface area (Å²) < 4.78 is 10.8. The highest BCUT2D eigenvalue weighted by molar-refractivity contribution is 5.94. The number of benzene rings is 2. The van der Waals surface area contributed by atoms with Crippen molar-refractivity contribution in [2.24, 2.45) is 0 Å². The van der Waals surface area contributed by atoms with Crippen LogP contribution in [0.15, 0.2) is 48.5 Å². The van der Waals surface area contributed by atoms with Crippen molar-refractivity contribution in [3.63, 3.8) is 0 Å². The van der Waals surface area contributed by atoms with Crippen molar-refractivity contribution in [3.8, 4) is 17.0 Å². The molecule has 6 heteroatoms. The summed E-state index contributed by atoms with van der Waals surface area (Å²) in [6.45, 7) is 4.48.